The Bertz CT molecular complexity index is 481. The molecule has 2 atom stereocenters. The maximum absolute atomic E-state index is 11.0. The van der Waals surface area contributed by atoms with Gasteiger partial charge in [-0.2, -0.15) is 0 Å². The largest absolute Gasteiger partial charge is 0.494 e. The van der Waals surface area contributed by atoms with E-state index in [1.165, 1.54) is 0 Å². The number of fused-ring (bicyclic) bond motifs is 1. The van der Waals surface area contributed by atoms with Gasteiger partial charge in [0.25, 0.3) is 0 Å². The van der Waals surface area contributed by atoms with E-state index in [0.29, 0.717) is 13.0 Å². The fourth-order valence-electron chi connectivity index (χ4n) is 2.35. The van der Waals surface area contributed by atoms with Crippen molar-refractivity contribution in [3.63, 3.8) is 0 Å². The number of rotatable bonds is 5. The Labute approximate surface area is 113 Å². The minimum absolute atomic E-state index is 0.177. The molecule has 0 amide bonds. The highest BCUT2D eigenvalue weighted by Crippen LogP contribution is 2.36. The van der Waals surface area contributed by atoms with E-state index in [1.807, 2.05) is 26.0 Å². The Morgan fingerprint density at radius 1 is 1.58 bits per heavy atom. The summed E-state index contributed by atoms with van der Waals surface area (Å²) in [5, 5.41) is 9.03. The molecule has 2 rings (SSSR count). The highest BCUT2D eigenvalue weighted by atomic mass is 16.5. The third-order valence-corrected chi connectivity index (χ3v) is 3.33. The van der Waals surface area contributed by atoms with Gasteiger partial charge in [-0.1, -0.05) is 6.92 Å². The zero-order valence-corrected chi connectivity index (χ0v) is 11.6. The van der Waals surface area contributed by atoms with Crippen LogP contribution in [0.15, 0.2) is 12.1 Å². The van der Waals surface area contributed by atoms with Gasteiger partial charge >= 0.3 is 5.97 Å². The minimum Gasteiger partial charge on any atom is -0.494 e. The van der Waals surface area contributed by atoms with E-state index in [4.69, 9.17) is 14.6 Å². The molecule has 0 radical (unpaired) electrons. The maximum Gasteiger partial charge on any atom is 0.306 e. The van der Waals surface area contributed by atoms with Crippen LogP contribution >= 0.6 is 0 Å². The average Bonchev–Trinajstić information content (AvgIpc) is 2.68. The summed E-state index contributed by atoms with van der Waals surface area (Å²) in [5.41, 5.74) is 2.05. The molecule has 1 N–H and O–H groups in total. The van der Waals surface area contributed by atoms with Crippen LogP contribution in [0.4, 0.5) is 0 Å². The van der Waals surface area contributed by atoms with E-state index < -0.39 is 11.9 Å². The molecule has 0 fully saturated rings. The number of aliphatic carboxylic acids is 1. The lowest BCUT2D eigenvalue weighted by atomic mass is 9.98. The third-order valence-electron chi connectivity index (χ3n) is 3.33. The molecule has 0 aliphatic carbocycles. The molecule has 4 nitrogen and oxygen atoms in total. The first-order valence-corrected chi connectivity index (χ1v) is 6.69. The second-order valence-electron chi connectivity index (χ2n) is 5.08. The molecule has 1 aliphatic heterocycles. The first-order valence-electron chi connectivity index (χ1n) is 6.69. The molecule has 0 spiro atoms. The first kappa shape index (κ1) is 13.7. The van der Waals surface area contributed by atoms with Crippen LogP contribution in [0.1, 0.15) is 31.9 Å². The van der Waals surface area contributed by atoms with Crippen molar-refractivity contribution in [1.82, 2.24) is 0 Å². The number of carboxylic acids is 1. The van der Waals surface area contributed by atoms with Gasteiger partial charge in [-0.05, 0) is 38.0 Å². The normalized spacial score (nSPS) is 18.6. The topological polar surface area (TPSA) is 55.8 Å². The molecule has 0 bridgehead atoms. The fraction of sp³-hybridized carbons (Fsp3) is 0.533. The van der Waals surface area contributed by atoms with Crippen molar-refractivity contribution in [2.24, 2.45) is 5.92 Å². The number of hydrogen-bond donors (Lipinski definition) is 1. The lowest BCUT2D eigenvalue weighted by molar-refractivity contribution is -0.141. The average molecular weight is 264 g/mol. The highest BCUT2D eigenvalue weighted by molar-refractivity contribution is 5.70. The summed E-state index contributed by atoms with van der Waals surface area (Å²) >= 11 is 0. The third kappa shape index (κ3) is 3.00. The summed E-state index contributed by atoms with van der Waals surface area (Å²) in [4.78, 5) is 11.0. The summed E-state index contributed by atoms with van der Waals surface area (Å²) in [7, 11) is 0. The van der Waals surface area contributed by atoms with Crippen LogP contribution in [-0.4, -0.2) is 23.8 Å². The standard InChI is InChI=1S/C15H20O4/c1-4-18-13-7-12-6-10(3)19-14(12)8-11(13)5-9(2)15(16)17/h7-10H,4-6H2,1-3H3,(H,16,17). The first-order chi connectivity index (χ1) is 9.01. The van der Waals surface area contributed by atoms with Crippen LogP contribution < -0.4 is 9.47 Å². The van der Waals surface area contributed by atoms with E-state index in [0.717, 1.165) is 29.0 Å². The number of carbonyl (C=O) groups is 1. The van der Waals surface area contributed by atoms with Crippen LogP contribution in [0, 0.1) is 5.92 Å². The zero-order valence-electron chi connectivity index (χ0n) is 11.6. The molecule has 1 aromatic carbocycles. The summed E-state index contributed by atoms with van der Waals surface area (Å²) in [6, 6.07) is 3.93. The van der Waals surface area contributed by atoms with Gasteiger partial charge in [0.2, 0.25) is 0 Å². The van der Waals surface area contributed by atoms with Gasteiger partial charge in [0.1, 0.15) is 17.6 Å². The molecular weight excluding hydrogens is 244 g/mol. The zero-order chi connectivity index (χ0) is 14.0. The minimum atomic E-state index is -0.794. The molecule has 1 heterocycles. The van der Waals surface area contributed by atoms with Crippen molar-refractivity contribution in [3.05, 3.63) is 23.3 Å². The summed E-state index contributed by atoms with van der Waals surface area (Å²) < 4.78 is 11.3. The molecule has 19 heavy (non-hydrogen) atoms. The van der Waals surface area contributed by atoms with Crippen molar-refractivity contribution in [1.29, 1.82) is 0 Å². The van der Waals surface area contributed by atoms with Crippen molar-refractivity contribution in [2.75, 3.05) is 6.61 Å². The molecule has 0 saturated heterocycles. The number of carboxylic acid groups (broad SMARTS) is 1. The molecule has 4 heteroatoms. The SMILES string of the molecule is CCOc1cc2c(cc1CC(C)C(=O)O)OC(C)C2. The Morgan fingerprint density at radius 2 is 2.32 bits per heavy atom. The van der Waals surface area contributed by atoms with E-state index in [1.54, 1.807) is 6.92 Å². The van der Waals surface area contributed by atoms with Gasteiger partial charge in [-0.15, -0.1) is 0 Å². The smallest absolute Gasteiger partial charge is 0.306 e. The van der Waals surface area contributed by atoms with Crippen LogP contribution in [0.3, 0.4) is 0 Å². The van der Waals surface area contributed by atoms with Gasteiger partial charge in [0.15, 0.2) is 0 Å². The second kappa shape index (κ2) is 5.51. The highest BCUT2D eigenvalue weighted by Gasteiger charge is 2.23. The van der Waals surface area contributed by atoms with Crippen LogP contribution in [-0.2, 0) is 17.6 Å². The number of hydrogen-bond acceptors (Lipinski definition) is 3. The van der Waals surface area contributed by atoms with Gasteiger partial charge in [0.05, 0.1) is 12.5 Å². The lowest BCUT2D eigenvalue weighted by Gasteiger charge is -2.14. The van der Waals surface area contributed by atoms with Crippen molar-refractivity contribution >= 4 is 5.97 Å². The van der Waals surface area contributed by atoms with Crippen LogP contribution in [0.25, 0.3) is 0 Å². The molecule has 1 aromatic rings. The predicted molar refractivity (Wildman–Crippen MR) is 71.9 cm³/mol. The predicted octanol–water partition coefficient (Wildman–Crippen LogP) is 2.67. The Balaban J connectivity index is 2.30. The molecular formula is C15H20O4. The monoisotopic (exact) mass is 264 g/mol. The van der Waals surface area contributed by atoms with Gasteiger partial charge < -0.3 is 14.6 Å². The molecule has 2 unspecified atom stereocenters. The van der Waals surface area contributed by atoms with Gasteiger partial charge in [-0.3, -0.25) is 4.79 Å². The molecule has 1 aliphatic rings. The number of ether oxygens (including phenoxy) is 2. The summed E-state index contributed by atoms with van der Waals surface area (Å²) in [5.74, 6) is 0.420. The summed E-state index contributed by atoms with van der Waals surface area (Å²) in [6.07, 6.45) is 1.51. The molecule has 0 aromatic heterocycles. The second-order valence-corrected chi connectivity index (χ2v) is 5.08. The van der Waals surface area contributed by atoms with Crippen molar-refractivity contribution in [2.45, 2.75) is 39.7 Å². The maximum atomic E-state index is 11.0. The van der Waals surface area contributed by atoms with Crippen molar-refractivity contribution < 1.29 is 19.4 Å². The van der Waals surface area contributed by atoms with E-state index in [-0.39, 0.29) is 6.10 Å². The Kier molecular flexibility index (Phi) is 3.98. The van der Waals surface area contributed by atoms with E-state index >= 15 is 0 Å². The molecule has 104 valence electrons. The van der Waals surface area contributed by atoms with Crippen LogP contribution in [0.5, 0.6) is 11.5 Å². The fourth-order valence-corrected chi connectivity index (χ4v) is 2.35. The lowest BCUT2D eigenvalue weighted by Crippen LogP contribution is -2.13. The Hall–Kier alpha value is -1.71. The van der Waals surface area contributed by atoms with E-state index in [2.05, 4.69) is 0 Å². The van der Waals surface area contributed by atoms with Crippen LogP contribution in [0.2, 0.25) is 0 Å². The van der Waals surface area contributed by atoms with E-state index in [9.17, 15) is 4.79 Å². The van der Waals surface area contributed by atoms with Crippen molar-refractivity contribution in [3.8, 4) is 11.5 Å². The van der Waals surface area contributed by atoms with Gasteiger partial charge in [0, 0.05) is 12.0 Å². The Morgan fingerprint density at radius 3 is 2.95 bits per heavy atom. The molecule has 0 saturated carbocycles. The summed E-state index contributed by atoms with van der Waals surface area (Å²) in [6.45, 7) is 6.23. The van der Waals surface area contributed by atoms with Gasteiger partial charge in [-0.25, -0.2) is 0 Å². The number of benzene rings is 1. The quantitative estimate of drug-likeness (QED) is 0.888.